The number of halogens is 1. The zero-order valence-corrected chi connectivity index (χ0v) is 13.2. The molecule has 1 aromatic carbocycles. The molecular formula is C14H19BrN2O3. The third kappa shape index (κ3) is 6.68. The van der Waals surface area contributed by atoms with Crippen LogP contribution in [0, 0.1) is 5.92 Å². The molecule has 5 nitrogen and oxygen atoms in total. The Kier molecular flexibility index (Phi) is 6.67. The van der Waals surface area contributed by atoms with Crippen molar-refractivity contribution < 1.29 is 14.7 Å². The van der Waals surface area contributed by atoms with E-state index in [0.29, 0.717) is 18.2 Å². The molecule has 0 aromatic heterocycles. The minimum atomic E-state index is -0.929. The van der Waals surface area contributed by atoms with Crippen molar-refractivity contribution in [1.29, 1.82) is 0 Å². The Morgan fingerprint density at radius 2 is 1.85 bits per heavy atom. The predicted molar refractivity (Wildman–Crippen MR) is 81.7 cm³/mol. The second-order valence-electron chi connectivity index (χ2n) is 5.01. The van der Waals surface area contributed by atoms with Crippen LogP contribution >= 0.6 is 15.9 Å². The van der Waals surface area contributed by atoms with Crippen molar-refractivity contribution in [3.05, 3.63) is 28.7 Å². The van der Waals surface area contributed by atoms with E-state index < -0.39 is 5.97 Å². The smallest absolute Gasteiger partial charge is 0.317 e. The van der Waals surface area contributed by atoms with Crippen LogP contribution in [0.4, 0.5) is 5.69 Å². The van der Waals surface area contributed by atoms with Crippen LogP contribution in [0.15, 0.2) is 28.7 Å². The third-order valence-corrected chi connectivity index (χ3v) is 3.01. The Bertz CT molecular complexity index is 460. The van der Waals surface area contributed by atoms with Crippen LogP contribution in [-0.2, 0) is 9.59 Å². The van der Waals surface area contributed by atoms with Gasteiger partial charge in [0.05, 0.1) is 13.1 Å². The molecular weight excluding hydrogens is 324 g/mol. The van der Waals surface area contributed by atoms with Gasteiger partial charge in [-0.15, -0.1) is 0 Å². The summed E-state index contributed by atoms with van der Waals surface area (Å²) in [6.07, 6.45) is 0. The van der Waals surface area contributed by atoms with E-state index >= 15 is 0 Å². The van der Waals surface area contributed by atoms with Gasteiger partial charge in [-0.05, 0) is 30.2 Å². The molecule has 0 unspecified atom stereocenters. The number of rotatable bonds is 7. The fraction of sp³-hybridized carbons (Fsp3) is 0.429. The van der Waals surface area contributed by atoms with Gasteiger partial charge in [-0.2, -0.15) is 0 Å². The van der Waals surface area contributed by atoms with Crippen molar-refractivity contribution in [2.45, 2.75) is 13.8 Å². The van der Waals surface area contributed by atoms with Gasteiger partial charge in [0.2, 0.25) is 5.91 Å². The Labute approximate surface area is 127 Å². The molecule has 1 rings (SSSR count). The number of amides is 1. The lowest BCUT2D eigenvalue weighted by atomic mass is 10.2. The number of hydrogen-bond donors (Lipinski definition) is 2. The number of carbonyl (C=O) groups is 2. The van der Waals surface area contributed by atoms with Crippen molar-refractivity contribution in [3.8, 4) is 0 Å². The molecule has 20 heavy (non-hydrogen) atoms. The van der Waals surface area contributed by atoms with Crippen LogP contribution in [0.25, 0.3) is 0 Å². The maximum atomic E-state index is 11.9. The fourth-order valence-corrected chi connectivity index (χ4v) is 2.09. The van der Waals surface area contributed by atoms with Gasteiger partial charge in [-0.1, -0.05) is 29.8 Å². The first kappa shape index (κ1) is 16.7. The molecule has 0 saturated carbocycles. The molecule has 1 amide bonds. The topological polar surface area (TPSA) is 69.6 Å². The SMILES string of the molecule is CC(C)CN(CC(=O)O)CC(=O)Nc1ccc(Br)cc1. The highest BCUT2D eigenvalue weighted by atomic mass is 79.9. The van der Waals surface area contributed by atoms with E-state index in [1.54, 1.807) is 17.0 Å². The molecule has 0 fully saturated rings. The summed E-state index contributed by atoms with van der Waals surface area (Å²) in [5, 5.41) is 11.6. The van der Waals surface area contributed by atoms with E-state index in [2.05, 4.69) is 21.2 Å². The molecule has 1 aromatic rings. The van der Waals surface area contributed by atoms with Crippen LogP contribution in [0.3, 0.4) is 0 Å². The number of nitrogens with zero attached hydrogens (tertiary/aromatic N) is 1. The Morgan fingerprint density at radius 3 is 2.35 bits per heavy atom. The maximum Gasteiger partial charge on any atom is 0.317 e. The number of anilines is 1. The zero-order valence-electron chi connectivity index (χ0n) is 11.6. The quantitative estimate of drug-likeness (QED) is 0.798. The molecule has 110 valence electrons. The summed E-state index contributed by atoms with van der Waals surface area (Å²) in [7, 11) is 0. The van der Waals surface area contributed by atoms with E-state index in [0.717, 1.165) is 4.47 Å². The van der Waals surface area contributed by atoms with Gasteiger partial charge in [-0.3, -0.25) is 14.5 Å². The van der Waals surface area contributed by atoms with Gasteiger partial charge < -0.3 is 10.4 Å². The largest absolute Gasteiger partial charge is 0.480 e. The lowest BCUT2D eigenvalue weighted by Gasteiger charge is -2.21. The number of benzene rings is 1. The normalized spacial score (nSPS) is 10.8. The van der Waals surface area contributed by atoms with Crippen molar-refractivity contribution >= 4 is 33.5 Å². The summed E-state index contributed by atoms with van der Waals surface area (Å²) >= 11 is 3.32. The van der Waals surface area contributed by atoms with Crippen LogP contribution in [0.2, 0.25) is 0 Å². The highest BCUT2D eigenvalue weighted by Crippen LogP contribution is 2.14. The van der Waals surface area contributed by atoms with Crippen LogP contribution in [0.1, 0.15) is 13.8 Å². The lowest BCUT2D eigenvalue weighted by Crippen LogP contribution is -2.39. The van der Waals surface area contributed by atoms with E-state index in [-0.39, 0.29) is 19.0 Å². The number of hydrogen-bond acceptors (Lipinski definition) is 3. The Morgan fingerprint density at radius 1 is 1.25 bits per heavy atom. The maximum absolute atomic E-state index is 11.9. The summed E-state index contributed by atoms with van der Waals surface area (Å²) in [5.41, 5.74) is 0.693. The molecule has 2 N–H and O–H groups in total. The second kappa shape index (κ2) is 8.01. The Balaban J connectivity index is 2.56. The average Bonchev–Trinajstić information content (AvgIpc) is 2.30. The molecule has 0 heterocycles. The molecule has 0 aliphatic rings. The highest BCUT2D eigenvalue weighted by Gasteiger charge is 2.15. The number of aliphatic carboxylic acids is 1. The summed E-state index contributed by atoms with van der Waals surface area (Å²) in [4.78, 5) is 24.3. The number of carbonyl (C=O) groups excluding carboxylic acids is 1. The summed E-state index contributed by atoms with van der Waals surface area (Å²) in [6, 6.07) is 7.23. The van der Waals surface area contributed by atoms with Gasteiger partial charge >= 0.3 is 5.97 Å². The molecule has 0 radical (unpaired) electrons. The molecule has 0 saturated heterocycles. The van der Waals surface area contributed by atoms with Gasteiger partial charge in [0.25, 0.3) is 0 Å². The average molecular weight is 343 g/mol. The molecule has 6 heteroatoms. The fourth-order valence-electron chi connectivity index (χ4n) is 1.83. The molecule has 0 aliphatic carbocycles. The summed E-state index contributed by atoms with van der Waals surface area (Å²) in [6.45, 7) is 4.48. The van der Waals surface area contributed by atoms with Crippen LogP contribution < -0.4 is 5.32 Å². The van der Waals surface area contributed by atoms with E-state index in [1.807, 2.05) is 26.0 Å². The van der Waals surface area contributed by atoms with Crippen molar-refractivity contribution in [3.63, 3.8) is 0 Å². The Hall–Kier alpha value is -1.40. The van der Waals surface area contributed by atoms with Crippen molar-refractivity contribution in [1.82, 2.24) is 4.90 Å². The summed E-state index contributed by atoms with van der Waals surface area (Å²) < 4.78 is 0.933. The number of nitrogens with one attached hydrogen (secondary N) is 1. The standard InChI is InChI=1S/C14H19BrN2O3/c1-10(2)7-17(9-14(19)20)8-13(18)16-12-5-3-11(15)4-6-12/h3-6,10H,7-9H2,1-2H3,(H,16,18)(H,19,20). The van der Waals surface area contributed by atoms with Gasteiger partial charge in [-0.25, -0.2) is 0 Å². The monoisotopic (exact) mass is 342 g/mol. The molecule has 0 bridgehead atoms. The zero-order chi connectivity index (χ0) is 15.1. The van der Waals surface area contributed by atoms with E-state index in [1.165, 1.54) is 0 Å². The molecule has 0 aliphatic heterocycles. The third-order valence-electron chi connectivity index (χ3n) is 2.48. The number of carboxylic acid groups (broad SMARTS) is 1. The first-order valence-electron chi connectivity index (χ1n) is 6.36. The van der Waals surface area contributed by atoms with Gasteiger partial charge in [0.1, 0.15) is 0 Å². The lowest BCUT2D eigenvalue weighted by molar-refractivity contribution is -0.138. The van der Waals surface area contributed by atoms with Crippen LogP contribution in [-0.4, -0.2) is 41.5 Å². The summed E-state index contributed by atoms with van der Waals surface area (Å²) in [5.74, 6) is -0.842. The minimum absolute atomic E-state index is 0.0700. The van der Waals surface area contributed by atoms with Gasteiger partial charge in [0, 0.05) is 16.7 Å². The first-order valence-corrected chi connectivity index (χ1v) is 7.15. The highest BCUT2D eigenvalue weighted by molar-refractivity contribution is 9.10. The predicted octanol–water partition coefficient (Wildman–Crippen LogP) is 2.43. The minimum Gasteiger partial charge on any atom is -0.480 e. The number of carboxylic acids is 1. The molecule has 0 spiro atoms. The van der Waals surface area contributed by atoms with Crippen molar-refractivity contribution in [2.75, 3.05) is 25.0 Å². The molecule has 0 atom stereocenters. The van der Waals surface area contributed by atoms with Crippen LogP contribution in [0.5, 0.6) is 0 Å². The second-order valence-corrected chi connectivity index (χ2v) is 5.93. The first-order chi connectivity index (χ1) is 9.36. The van der Waals surface area contributed by atoms with Gasteiger partial charge in [0.15, 0.2) is 0 Å². The van der Waals surface area contributed by atoms with E-state index in [9.17, 15) is 9.59 Å². The van der Waals surface area contributed by atoms with Crippen molar-refractivity contribution in [2.24, 2.45) is 5.92 Å². The van der Waals surface area contributed by atoms with E-state index in [4.69, 9.17) is 5.11 Å².